The van der Waals surface area contributed by atoms with Crippen LogP contribution in [0.25, 0.3) is 10.2 Å². The Bertz CT molecular complexity index is 1310. The fraction of sp³-hybridized carbons (Fsp3) is 0.130. The summed E-state index contributed by atoms with van der Waals surface area (Å²) in [6.45, 7) is 0. The molecule has 4 aromatic rings. The van der Waals surface area contributed by atoms with Crippen LogP contribution in [0.3, 0.4) is 0 Å². The number of nitrogens with zero attached hydrogens (tertiary/aromatic N) is 1. The van der Waals surface area contributed by atoms with Gasteiger partial charge in [0, 0.05) is 17.7 Å². The van der Waals surface area contributed by atoms with Crippen molar-refractivity contribution in [3.8, 4) is 0 Å². The van der Waals surface area contributed by atoms with Crippen LogP contribution in [0.15, 0.2) is 65.5 Å². The molecular formula is C23H17N3O3S. The maximum atomic E-state index is 12.8. The van der Waals surface area contributed by atoms with E-state index in [0.29, 0.717) is 29.2 Å². The number of benzene rings is 2. The quantitative estimate of drug-likeness (QED) is 0.526. The van der Waals surface area contributed by atoms with E-state index >= 15 is 0 Å². The van der Waals surface area contributed by atoms with Crippen molar-refractivity contribution >= 4 is 38.4 Å². The molecule has 1 aliphatic rings. The normalized spacial score (nSPS) is 15.7. The fourth-order valence-electron chi connectivity index (χ4n) is 3.85. The van der Waals surface area contributed by atoms with E-state index in [0.717, 1.165) is 15.8 Å². The Hall–Kier alpha value is -3.58. The number of carbonyl (C=O) groups excluding carboxylic acids is 2. The molecule has 0 radical (unpaired) electrons. The highest BCUT2D eigenvalue weighted by Crippen LogP contribution is 2.31. The third-order valence-corrected chi connectivity index (χ3v) is 6.29. The number of hydrogen-bond acceptors (Lipinski definition) is 5. The second-order valence-electron chi connectivity index (χ2n) is 7.28. The number of thiazole rings is 1. The summed E-state index contributed by atoms with van der Waals surface area (Å²) in [4.78, 5) is 45.2. The van der Waals surface area contributed by atoms with Crippen LogP contribution in [-0.4, -0.2) is 21.7 Å². The van der Waals surface area contributed by atoms with Crippen molar-refractivity contribution in [2.45, 2.75) is 18.8 Å². The standard InChI is InChI=1S/C23H17N3O3S/c27-19-11-14(13-6-2-1-3-7-13)10-18-15(19)12-16(21(28)24-18)22(29)26-23-25-17-8-4-5-9-20(17)30-23/h1-9,12,14H,10-11H2,(H,24,28)(H,25,26,29). The third kappa shape index (κ3) is 3.33. The molecule has 0 saturated carbocycles. The van der Waals surface area contributed by atoms with Gasteiger partial charge in [0.2, 0.25) is 0 Å². The molecule has 1 aliphatic carbocycles. The van der Waals surface area contributed by atoms with Gasteiger partial charge in [0.05, 0.1) is 10.2 Å². The van der Waals surface area contributed by atoms with Gasteiger partial charge in [-0.25, -0.2) is 4.98 Å². The van der Waals surface area contributed by atoms with Crippen molar-refractivity contribution in [3.05, 3.63) is 93.4 Å². The molecule has 0 saturated heterocycles. The van der Waals surface area contributed by atoms with Crippen molar-refractivity contribution in [1.29, 1.82) is 0 Å². The number of hydrogen-bond donors (Lipinski definition) is 2. The minimum Gasteiger partial charge on any atom is -0.325 e. The number of anilines is 1. The molecule has 1 amide bonds. The highest BCUT2D eigenvalue weighted by Gasteiger charge is 2.29. The zero-order valence-corrected chi connectivity index (χ0v) is 16.7. The molecule has 1 unspecified atom stereocenters. The van der Waals surface area contributed by atoms with Gasteiger partial charge in [-0.15, -0.1) is 0 Å². The van der Waals surface area contributed by atoms with E-state index in [1.165, 1.54) is 17.4 Å². The molecule has 7 heteroatoms. The summed E-state index contributed by atoms with van der Waals surface area (Å²) in [6, 6.07) is 18.7. The molecule has 0 spiro atoms. The molecule has 6 nitrogen and oxygen atoms in total. The van der Waals surface area contributed by atoms with Crippen LogP contribution in [0.1, 0.15) is 44.3 Å². The van der Waals surface area contributed by atoms with E-state index in [2.05, 4.69) is 15.3 Å². The number of para-hydroxylation sites is 1. The van der Waals surface area contributed by atoms with Crippen molar-refractivity contribution in [2.75, 3.05) is 5.32 Å². The summed E-state index contributed by atoms with van der Waals surface area (Å²) < 4.78 is 0.939. The Kier molecular flexibility index (Phi) is 4.52. The van der Waals surface area contributed by atoms with E-state index < -0.39 is 11.5 Å². The number of ketones is 1. The maximum Gasteiger partial charge on any atom is 0.263 e. The Morgan fingerprint density at radius 2 is 1.80 bits per heavy atom. The molecule has 0 bridgehead atoms. The first-order chi connectivity index (χ1) is 14.6. The molecule has 5 rings (SSSR count). The lowest BCUT2D eigenvalue weighted by molar-refractivity contribution is 0.0963. The average molecular weight is 415 g/mol. The third-order valence-electron chi connectivity index (χ3n) is 5.34. The average Bonchev–Trinajstić information content (AvgIpc) is 3.16. The molecule has 2 N–H and O–H groups in total. The molecule has 2 aromatic heterocycles. The molecule has 0 fully saturated rings. The van der Waals surface area contributed by atoms with Crippen molar-refractivity contribution in [1.82, 2.24) is 9.97 Å². The minimum atomic E-state index is -0.573. The Morgan fingerprint density at radius 3 is 2.60 bits per heavy atom. The number of Topliss-reactive ketones (excluding diaryl/α,β-unsaturated/α-hetero) is 1. The van der Waals surface area contributed by atoms with Gasteiger partial charge in [-0.2, -0.15) is 0 Å². The number of fused-ring (bicyclic) bond motifs is 2. The van der Waals surface area contributed by atoms with E-state index in [1.54, 1.807) is 0 Å². The van der Waals surface area contributed by atoms with Crippen LogP contribution in [-0.2, 0) is 6.42 Å². The van der Waals surface area contributed by atoms with Gasteiger partial charge in [0.15, 0.2) is 10.9 Å². The lowest BCUT2D eigenvalue weighted by atomic mass is 9.81. The van der Waals surface area contributed by atoms with Crippen LogP contribution in [0, 0.1) is 0 Å². The lowest BCUT2D eigenvalue weighted by Crippen LogP contribution is -2.29. The zero-order valence-electron chi connectivity index (χ0n) is 15.8. The van der Waals surface area contributed by atoms with Crippen LogP contribution < -0.4 is 10.9 Å². The molecular weight excluding hydrogens is 398 g/mol. The van der Waals surface area contributed by atoms with E-state index in [4.69, 9.17) is 0 Å². The zero-order chi connectivity index (χ0) is 20.7. The molecule has 2 aromatic carbocycles. The fourth-order valence-corrected chi connectivity index (χ4v) is 4.71. The number of H-pyrrole nitrogens is 1. The van der Waals surface area contributed by atoms with Crippen molar-refractivity contribution < 1.29 is 9.59 Å². The second-order valence-corrected chi connectivity index (χ2v) is 8.31. The summed E-state index contributed by atoms with van der Waals surface area (Å²) in [7, 11) is 0. The predicted octanol–water partition coefficient (Wildman–Crippen LogP) is 4.15. The summed E-state index contributed by atoms with van der Waals surface area (Å²) >= 11 is 1.33. The number of aromatic amines is 1. The van der Waals surface area contributed by atoms with Crippen LogP contribution in [0.4, 0.5) is 5.13 Å². The van der Waals surface area contributed by atoms with Crippen molar-refractivity contribution in [2.24, 2.45) is 0 Å². The number of amides is 1. The smallest absolute Gasteiger partial charge is 0.263 e. The van der Waals surface area contributed by atoms with Gasteiger partial charge in [0.1, 0.15) is 5.56 Å². The number of pyridine rings is 1. The highest BCUT2D eigenvalue weighted by molar-refractivity contribution is 7.22. The number of carbonyl (C=O) groups is 2. The monoisotopic (exact) mass is 415 g/mol. The molecule has 2 heterocycles. The van der Waals surface area contributed by atoms with Gasteiger partial charge in [0.25, 0.3) is 11.5 Å². The number of rotatable bonds is 3. The van der Waals surface area contributed by atoms with Crippen LogP contribution >= 0.6 is 11.3 Å². The van der Waals surface area contributed by atoms with E-state index in [-0.39, 0.29) is 17.3 Å². The SMILES string of the molecule is O=C1CC(c2ccccc2)Cc2[nH]c(=O)c(C(=O)Nc3nc4ccccc4s3)cc21. The highest BCUT2D eigenvalue weighted by atomic mass is 32.1. The topological polar surface area (TPSA) is 91.9 Å². The summed E-state index contributed by atoms with van der Waals surface area (Å²) in [5, 5.41) is 3.09. The van der Waals surface area contributed by atoms with E-state index in [1.807, 2.05) is 54.6 Å². The van der Waals surface area contributed by atoms with Crippen molar-refractivity contribution in [3.63, 3.8) is 0 Å². The molecule has 148 valence electrons. The van der Waals surface area contributed by atoms with Gasteiger partial charge >= 0.3 is 0 Å². The summed E-state index contributed by atoms with van der Waals surface area (Å²) in [5.41, 5.74) is 2.25. The maximum absolute atomic E-state index is 12.8. The van der Waals surface area contributed by atoms with Gasteiger partial charge in [-0.3, -0.25) is 19.7 Å². The van der Waals surface area contributed by atoms with Crippen LogP contribution in [0.2, 0.25) is 0 Å². The Morgan fingerprint density at radius 1 is 1.03 bits per heavy atom. The minimum absolute atomic E-state index is 0.0178. The predicted molar refractivity (Wildman–Crippen MR) is 116 cm³/mol. The number of nitrogens with one attached hydrogen (secondary N) is 2. The van der Waals surface area contributed by atoms with E-state index in [9.17, 15) is 14.4 Å². The largest absolute Gasteiger partial charge is 0.325 e. The lowest BCUT2D eigenvalue weighted by Gasteiger charge is -2.24. The Balaban J connectivity index is 1.43. The molecule has 0 aliphatic heterocycles. The number of aromatic nitrogens is 2. The van der Waals surface area contributed by atoms with Crippen LogP contribution in [0.5, 0.6) is 0 Å². The molecule has 30 heavy (non-hydrogen) atoms. The summed E-state index contributed by atoms with van der Waals surface area (Å²) in [5.74, 6) is -0.629. The first kappa shape index (κ1) is 18.4. The summed E-state index contributed by atoms with van der Waals surface area (Å²) in [6.07, 6.45) is 0.905. The van der Waals surface area contributed by atoms with Gasteiger partial charge in [-0.05, 0) is 36.1 Å². The first-order valence-corrected chi connectivity index (χ1v) is 10.4. The first-order valence-electron chi connectivity index (χ1n) is 9.60. The van der Waals surface area contributed by atoms with Gasteiger partial charge < -0.3 is 4.98 Å². The second kappa shape index (κ2) is 7.35. The Labute approximate surface area is 175 Å². The van der Waals surface area contributed by atoms with Gasteiger partial charge in [-0.1, -0.05) is 53.8 Å². The molecule has 1 atom stereocenters.